The summed E-state index contributed by atoms with van der Waals surface area (Å²) in [6.07, 6.45) is 0. The molecule has 0 heterocycles. The Labute approximate surface area is 73.3 Å². The fraction of sp³-hybridized carbons (Fsp3) is 0.125. The topological polar surface area (TPSA) is 59.0 Å². The van der Waals surface area contributed by atoms with Gasteiger partial charge in [-0.3, -0.25) is 0 Å². The third kappa shape index (κ3) is 2.30. The quantitative estimate of drug-likeness (QED) is 0.712. The maximum Gasteiger partial charge on any atom is 0.387 e. The molecule has 0 unspecified atom stereocenters. The molecule has 0 spiro atoms. The maximum atomic E-state index is 11.7. The highest BCUT2D eigenvalue weighted by atomic mass is 19.3. The van der Waals surface area contributed by atoms with Gasteiger partial charge in [0.05, 0.1) is 17.3 Å². The monoisotopic (exact) mass is 184 g/mol. The van der Waals surface area contributed by atoms with Crippen molar-refractivity contribution >= 4 is 5.69 Å². The Kier molecular flexibility index (Phi) is 2.65. The summed E-state index contributed by atoms with van der Waals surface area (Å²) in [7, 11) is 0. The van der Waals surface area contributed by atoms with Crippen LogP contribution in [0.2, 0.25) is 0 Å². The summed E-state index contributed by atoms with van der Waals surface area (Å²) in [5, 5.41) is 8.44. The van der Waals surface area contributed by atoms with Crippen molar-refractivity contribution < 1.29 is 13.5 Å². The van der Waals surface area contributed by atoms with Crippen molar-refractivity contribution in [3.8, 4) is 11.8 Å². The number of nitrogens with zero attached hydrogens (tertiary/aromatic N) is 1. The van der Waals surface area contributed by atoms with Gasteiger partial charge < -0.3 is 10.5 Å². The lowest BCUT2D eigenvalue weighted by Crippen LogP contribution is -2.04. The van der Waals surface area contributed by atoms with Crippen LogP contribution in [0.4, 0.5) is 14.5 Å². The molecule has 68 valence electrons. The molecule has 0 aromatic heterocycles. The zero-order chi connectivity index (χ0) is 9.84. The normalized spacial score (nSPS) is 9.69. The average molecular weight is 184 g/mol. The third-order valence-electron chi connectivity index (χ3n) is 1.35. The number of hydrogen-bond acceptors (Lipinski definition) is 3. The van der Waals surface area contributed by atoms with Crippen LogP contribution in [0, 0.1) is 11.3 Å². The number of ether oxygens (including phenoxy) is 1. The van der Waals surface area contributed by atoms with Crippen LogP contribution in [0.3, 0.4) is 0 Å². The lowest BCUT2D eigenvalue weighted by Gasteiger charge is -2.06. The molecule has 1 aromatic rings. The summed E-state index contributed by atoms with van der Waals surface area (Å²) in [6, 6.07) is 5.69. The van der Waals surface area contributed by atoms with E-state index in [0.717, 1.165) is 0 Å². The molecular weight excluding hydrogens is 178 g/mol. The lowest BCUT2D eigenvalue weighted by molar-refractivity contribution is -0.0493. The minimum Gasteiger partial charge on any atom is -0.433 e. The minimum atomic E-state index is -2.91. The largest absolute Gasteiger partial charge is 0.433 e. The standard InChI is InChI=1S/C8H6F2N2O/c9-8(10)13-7-2-1-5(4-11)3-6(7)12/h1-3,8H,12H2. The van der Waals surface area contributed by atoms with Gasteiger partial charge in [-0.05, 0) is 18.2 Å². The van der Waals surface area contributed by atoms with Crippen molar-refractivity contribution in [1.29, 1.82) is 5.26 Å². The van der Waals surface area contributed by atoms with Crippen molar-refractivity contribution in [2.75, 3.05) is 5.73 Å². The van der Waals surface area contributed by atoms with Gasteiger partial charge >= 0.3 is 6.61 Å². The smallest absolute Gasteiger partial charge is 0.387 e. The molecule has 0 aliphatic carbocycles. The van der Waals surface area contributed by atoms with Crippen LogP contribution >= 0.6 is 0 Å². The second-order valence-electron chi connectivity index (χ2n) is 2.24. The fourth-order valence-electron chi connectivity index (χ4n) is 0.821. The van der Waals surface area contributed by atoms with E-state index >= 15 is 0 Å². The lowest BCUT2D eigenvalue weighted by atomic mass is 10.2. The average Bonchev–Trinajstić information content (AvgIpc) is 2.08. The van der Waals surface area contributed by atoms with Crippen molar-refractivity contribution in [2.24, 2.45) is 0 Å². The number of hydrogen-bond donors (Lipinski definition) is 1. The zero-order valence-corrected chi connectivity index (χ0v) is 6.50. The summed E-state index contributed by atoms with van der Waals surface area (Å²) in [5.41, 5.74) is 5.67. The summed E-state index contributed by atoms with van der Waals surface area (Å²) in [5.74, 6) is -0.117. The van der Waals surface area contributed by atoms with Crippen LogP contribution in [0.5, 0.6) is 5.75 Å². The Bertz CT molecular complexity index is 346. The molecule has 1 rings (SSSR count). The van der Waals surface area contributed by atoms with Gasteiger partial charge in [-0.1, -0.05) is 0 Å². The first-order valence-corrected chi connectivity index (χ1v) is 3.38. The molecule has 2 N–H and O–H groups in total. The van der Waals surface area contributed by atoms with E-state index in [9.17, 15) is 8.78 Å². The van der Waals surface area contributed by atoms with Gasteiger partial charge in [0.25, 0.3) is 0 Å². The molecule has 13 heavy (non-hydrogen) atoms. The van der Waals surface area contributed by atoms with E-state index in [0.29, 0.717) is 5.56 Å². The molecular formula is C8H6F2N2O. The molecule has 0 atom stereocenters. The number of alkyl halides is 2. The minimum absolute atomic E-state index is 0.0272. The Morgan fingerprint density at radius 3 is 2.62 bits per heavy atom. The number of anilines is 1. The van der Waals surface area contributed by atoms with Crippen LogP contribution < -0.4 is 10.5 Å². The molecule has 3 nitrogen and oxygen atoms in total. The Hall–Kier alpha value is -1.83. The molecule has 5 heteroatoms. The number of benzene rings is 1. The van der Waals surface area contributed by atoms with E-state index in [-0.39, 0.29) is 11.4 Å². The van der Waals surface area contributed by atoms with Gasteiger partial charge in [0.15, 0.2) is 0 Å². The fourth-order valence-corrected chi connectivity index (χ4v) is 0.821. The van der Waals surface area contributed by atoms with Crippen LogP contribution in [0.1, 0.15) is 5.56 Å². The molecule has 0 bridgehead atoms. The SMILES string of the molecule is N#Cc1ccc(OC(F)F)c(N)c1. The zero-order valence-electron chi connectivity index (χ0n) is 6.50. The molecule has 0 saturated carbocycles. The van der Waals surface area contributed by atoms with E-state index in [2.05, 4.69) is 4.74 Å². The van der Waals surface area contributed by atoms with Gasteiger partial charge in [0.2, 0.25) is 0 Å². The second-order valence-corrected chi connectivity index (χ2v) is 2.24. The first kappa shape index (κ1) is 9.26. The molecule has 0 aliphatic heterocycles. The number of nitriles is 1. The maximum absolute atomic E-state index is 11.7. The Morgan fingerprint density at radius 2 is 2.15 bits per heavy atom. The van der Waals surface area contributed by atoms with E-state index < -0.39 is 6.61 Å². The summed E-state index contributed by atoms with van der Waals surface area (Å²) in [4.78, 5) is 0. The van der Waals surface area contributed by atoms with Crippen LogP contribution in [-0.4, -0.2) is 6.61 Å². The summed E-state index contributed by atoms with van der Waals surface area (Å²) in [6.45, 7) is -2.91. The summed E-state index contributed by atoms with van der Waals surface area (Å²) >= 11 is 0. The van der Waals surface area contributed by atoms with Crippen molar-refractivity contribution in [3.05, 3.63) is 23.8 Å². The second kappa shape index (κ2) is 3.72. The highest BCUT2D eigenvalue weighted by Gasteiger charge is 2.07. The molecule has 0 aliphatic rings. The molecule has 0 radical (unpaired) electrons. The highest BCUT2D eigenvalue weighted by molar-refractivity contribution is 5.56. The van der Waals surface area contributed by atoms with Crippen LogP contribution in [0.15, 0.2) is 18.2 Å². The van der Waals surface area contributed by atoms with Crippen molar-refractivity contribution in [2.45, 2.75) is 6.61 Å². The Balaban J connectivity index is 2.93. The number of nitrogen functional groups attached to an aromatic ring is 1. The van der Waals surface area contributed by atoms with Crippen molar-refractivity contribution in [3.63, 3.8) is 0 Å². The molecule has 0 saturated heterocycles. The van der Waals surface area contributed by atoms with Gasteiger partial charge in [0.1, 0.15) is 5.75 Å². The predicted molar refractivity (Wildman–Crippen MR) is 42.2 cm³/mol. The molecule has 0 amide bonds. The summed E-state index contributed by atoms with van der Waals surface area (Å²) < 4.78 is 27.6. The molecule has 0 fully saturated rings. The van der Waals surface area contributed by atoms with Gasteiger partial charge in [0, 0.05) is 0 Å². The van der Waals surface area contributed by atoms with E-state index in [1.165, 1.54) is 18.2 Å². The van der Waals surface area contributed by atoms with E-state index in [1.54, 1.807) is 0 Å². The van der Waals surface area contributed by atoms with E-state index in [4.69, 9.17) is 11.0 Å². The van der Waals surface area contributed by atoms with Gasteiger partial charge in [-0.15, -0.1) is 0 Å². The number of halogens is 2. The van der Waals surface area contributed by atoms with Crippen LogP contribution in [-0.2, 0) is 0 Å². The highest BCUT2D eigenvalue weighted by Crippen LogP contribution is 2.23. The third-order valence-corrected chi connectivity index (χ3v) is 1.35. The van der Waals surface area contributed by atoms with Gasteiger partial charge in [-0.2, -0.15) is 14.0 Å². The van der Waals surface area contributed by atoms with E-state index in [1.807, 2.05) is 6.07 Å². The predicted octanol–water partition coefficient (Wildman–Crippen LogP) is 1.74. The van der Waals surface area contributed by atoms with Crippen LogP contribution in [0.25, 0.3) is 0 Å². The number of rotatable bonds is 2. The molecule has 1 aromatic carbocycles. The first-order chi connectivity index (χ1) is 6.13. The first-order valence-electron chi connectivity index (χ1n) is 3.38. The Morgan fingerprint density at radius 1 is 1.46 bits per heavy atom. The van der Waals surface area contributed by atoms with Gasteiger partial charge in [-0.25, -0.2) is 0 Å². The number of nitrogens with two attached hydrogens (primary N) is 1. The van der Waals surface area contributed by atoms with Crippen molar-refractivity contribution in [1.82, 2.24) is 0 Å².